The van der Waals surface area contributed by atoms with E-state index in [1.54, 1.807) is 6.20 Å². The van der Waals surface area contributed by atoms with E-state index < -0.39 is 0 Å². The first-order valence-electron chi connectivity index (χ1n) is 7.83. The number of nitrogens with zero attached hydrogens (tertiary/aromatic N) is 5. The lowest BCUT2D eigenvalue weighted by molar-refractivity contribution is 0.634. The van der Waals surface area contributed by atoms with Gasteiger partial charge in [-0.05, 0) is 26.8 Å². The van der Waals surface area contributed by atoms with Crippen LogP contribution >= 0.6 is 0 Å². The summed E-state index contributed by atoms with van der Waals surface area (Å²) in [5, 5.41) is 13.9. The highest BCUT2D eigenvalue weighted by molar-refractivity contribution is 5.65. The van der Waals surface area contributed by atoms with Crippen LogP contribution in [0.15, 0.2) is 17.1 Å². The molecular formula is C15H20N8O. The molecule has 0 aliphatic carbocycles. The van der Waals surface area contributed by atoms with Gasteiger partial charge in [-0.3, -0.25) is 9.67 Å². The summed E-state index contributed by atoms with van der Waals surface area (Å²) >= 11 is 0. The van der Waals surface area contributed by atoms with Gasteiger partial charge < -0.3 is 5.32 Å². The van der Waals surface area contributed by atoms with E-state index in [1.807, 2.05) is 24.6 Å². The molecule has 0 spiro atoms. The molecule has 9 heteroatoms. The fraction of sp³-hybridized carbons (Fsp3) is 0.400. The van der Waals surface area contributed by atoms with Crippen LogP contribution < -0.4 is 11.0 Å². The third-order valence-corrected chi connectivity index (χ3v) is 3.79. The van der Waals surface area contributed by atoms with Gasteiger partial charge >= 0.3 is 5.69 Å². The fourth-order valence-electron chi connectivity index (χ4n) is 2.67. The first kappa shape index (κ1) is 15.9. The number of aromatic nitrogens is 7. The van der Waals surface area contributed by atoms with E-state index in [-0.39, 0.29) is 5.69 Å². The minimum absolute atomic E-state index is 0.304. The summed E-state index contributed by atoms with van der Waals surface area (Å²) < 4.78 is 1.97. The van der Waals surface area contributed by atoms with E-state index in [9.17, 15) is 4.79 Å². The molecule has 0 amide bonds. The number of aromatic amines is 2. The first-order valence-corrected chi connectivity index (χ1v) is 7.83. The van der Waals surface area contributed by atoms with E-state index in [0.717, 1.165) is 29.2 Å². The average Bonchev–Trinajstić information content (AvgIpc) is 3.10. The van der Waals surface area contributed by atoms with Gasteiger partial charge in [0.25, 0.3) is 0 Å². The van der Waals surface area contributed by atoms with E-state index in [2.05, 4.69) is 42.5 Å². The van der Waals surface area contributed by atoms with Gasteiger partial charge in [0, 0.05) is 37.0 Å². The number of anilines is 1. The lowest BCUT2D eigenvalue weighted by atomic mass is 10.1. The lowest BCUT2D eigenvalue weighted by Crippen LogP contribution is -2.10. The summed E-state index contributed by atoms with van der Waals surface area (Å²) in [4.78, 5) is 22.4. The monoisotopic (exact) mass is 328 g/mol. The van der Waals surface area contributed by atoms with Crippen LogP contribution in [0.25, 0.3) is 11.3 Å². The van der Waals surface area contributed by atoms with Crippen LogP contribution in [0.4, 0.5) is 5.95 Å². The predicted molar refractivity (Wildman–Crippen MR) is 89.8 cm³/mol. The van der Waals surface area contributed by atoms with Crippen molar-refractivity contribution in [3.63, 3.8) is 0 Å². The highest BCUT2D eigenvalue weighted by atomic mass is 16.1. The van der Waals surface area contributed by atoms with Crippen molar-refractivity contribution in [2.24, 2.45) is 0 Å². The summed E-state index contributed by atoms with van der Waals surface area (Å²) in [5.41, 5.74) is 3.62. The normalized spacial score (nSPS) is 11.0. The lowest BCUT2D eigenvalue weighted by Gasteiger charge is -2.06. The Morgan fingerprint density at radius 1 is 1.33 bits per heavy atom. The van der Waals surface area contributed by atoms with Crippen molar-refractivity contribution in [1.82, 2.24) is 34.9 Å². The molecule has 126 valence electrons. The maximum absolute atomic E-state index is 11.0. The Labute approximate surface area is 138 Å². The van der Waals surface area contributed by atoms with Gasteiger partial charge in [-0.2, -0.15) is 10.2 Å². The van der Waals surface area contributed by atoms with Gasteiger partial charge in [0.1, 0.15) is 5.82 Å². The quantitative estimate of drug-likeness (QED) is 0.622. The molecule has 0 unspecified atom stereocenters. The highest BCUT2D eigenvalue weighted by Gasteiger charge is 2.14. The second-order valence-corrected chi connectivity index (χ2v) is 5.43. The third-order valence-electron chi connectivity index (χ3n) is 3.79. The van der Waals surface area contributed by atoms with Gasteiger partial charge in [-0.25, -0.2) is 19.9 Å². The zero-order valence-corrected chi connectivity index (χ0v) is 13.9. The molecular weight excluding hydrogens is 308 g/mol. The van der Waals surface area contributed by atoms with Crippen molar-refractivity contribution in [2.75, 3.05) is 11.9 Å². The SMILES string of the molecule is CCn1nc(C)c(-c2ccnc(NCCc3n[nH]c(=O)[nH]3)n2)c1C. The van der Waals surface area contributed by atoms with Crippen LogP contribution in [0.2, 0.25) is 0 Å². The van der Waals surface area contributed by atoms with Crippen molar-refractivity contribution in [2.45, 2.75) is 33.7 Å². The van der Waals surface area contributed by atoms with Gasteiger partial charge in [0.05, 0.1) is 11.4 Å². The molecule has 3 aromatic rings. The van der Waals surface area contributed by atoms with Gasteiger partial charge in [-0.15, -0.1) is 0 Å². The molecule has 0 aliphatic heterocycles. The van der Waals surface area contributed by atoms with Crippen LogP contribution in [0.3, 0.4) is 0 Å². The topological polar surface area (TPSA) is 117 Å². The molecule has 0 fully saturated rings. The van der Waals surface area contributed by atoms with Crippen LogP contribution in [0.5, 0.6) is 0 Å². The molecule has 0 radical (unpaired) electrons. The third kappa shape index (κ3) is 3.19. The second-order valence-electron chi connectivity index (χ2n) is 5.43. The van der Waals surface area contributed by atoms with Crippen LogP contribution in [0, 0.1) is 13.8 Å². The standard InChI is InChI=1S/C15H20N8O/c1-4-23-10(3)13(9(2)22-23)11-5-7-16-14(18-11)17-8-6-12-19-15(24)21-20-12/h5,7H,4,6,8H2,1-3H3,(H,16,17,18)(H2,19,20,21,24). The van der Waals surface area contributed by atoms with Gasteiger partial charge in [0.15, 0.2) is 0 Å². The first-order chi connectivity index (χ1) is 11.6. The number of nitrogens with one attached hydrogen (secondary N) is 3. The summed E-state index contributed by atoms with van der Waals surface area (Å²) in [7, 11) is 0. The zero-order chi connectivity index (χ0) is 17.1. The molecule has 0 atom stereocenters. The summed E-state index contributed by atoms with van der Waals surface area (Å²) in [6.45, 7) is 7.48. The van der Waals surface area contributed by atoms with Crippen molar-refractivity contribution >= 4 is 5.95 Å². The minimum Gasteiger partial charge on any atom is -0.354 e. The van der Waals surface area contributed by atoms with Gasteiger partial charge in [-0.1, -0.05) is 0 Å². The second kappa shape index (κ2) is 6.65. The molecule has 24 heavy (non-hydrogen) atoms. The molecule has 0 saturated heterocycles. The molecule has 3 rings (SSSR count). The Balaban J connectivity index is 1.74. The Bertz CT molecular complexity index is 891. The number of H-pyrrole nitrogens is 2. The Morgan fingerprint density at radius 3 is 2.83 bits per heavy atom. The van der Waals surface area contributed by atoms with Crippen LogP contribution in [-0.4, -0.2) is 41.5 Å². The summed E-state index contributed by atoms with van der Waals surface area (Å²) in [5.74, 6) is 1.13. The molecule has 0 bridgehead atoms. The Hall–Kier alpha value is -2.97. The Morgan fingerprint density at radius 2 is 2.17 bits per heavy atom. The predicted octanol–water partition coefficient (Wildman–Crippen LogP) is 1.04. The summed E-state index contributed by atoms with van der Waals surface area (Å²) in [6, 6.07) is 1.88. The number of rotatable bonds is 6. The number of hydrogen-bond donors (Lipinski definition) is 3. The maximum Gasteiger partial charge on any atom is 0.340 e. The Kier molecular flexibility index (Phi) is 4.41. The molecule has 0 aromatic carbocycles. The van der Waals surface area contributed by atoms with E-state index in [0.29, 0.717) is 24.7 Å². The molecule has 3 N–H and O–H groups in total. The molecule has 9 nitrogen and oxygen atoms in total. The largest absolute Gasteiger partial charge is 0.354 e. The molecule has 3 heterocycles. The number of hydrogen-bond acceptors (Lipinski definition) is 6. The average molecular weight is 328 g/mol. The van der Waals surface area contributed by atoms with Gasteiger partial charge in [0.2, 0.25) is 5.95 Å². The van der Waals surface area contributed by atoms with E-state index >= 15 is 0 Å². The smallest absolute Gasteiger partial charge is 0.340 e. The van der Waals surface area contributed by atoms with Crippen LogP contribution in [-0.2, 0) is 13.0 Å². The van der Waals surface area contributed by atoms with Crippen LogP contribution in [0.1, 0.15) is 24.1 Å². The van der Waals surface area contributed by atoms with Crippen molar-refractivity contribution in [1.29, 1.82) is 0 Å². The molecule has 0 aliphatic rings. The molecule has 3 aromatic heterocycles. The maximum atomic E-state index is 11.0. The van der Waals surface area contributed by atoms with E-state index in [1.165, 1.54) is 0 Å². The van der Waals surface area contributed by atoms with Crippen molar-refractivity contribution in [3.05, 3.63) is 40.0 Å². The number of aryl methyl sites for hydroxylation is 2. The minimum atomic E-state index is -0.304. The van der Waals surface area contributed by atoms with Crippen molar-refractivity contribution < 1.29 is 0 Å². The highest BCUT2D eigenvalue weighted by Crippen LogP contribution is 2.25. The molecule has 0 saturated carbocycles. The summed E-state index contributed by atoms with van der Waals surface area (Å²) in [6.07, 6.45) is 2.29. The van der Waals surface area contributed by atoms with E-state index in [4.69, 9.17) is 0 Å². The zero-order valence-electron chi connectivity index (χ0n) is 13.9. The fourth-order valence-corrected chi connectivity index (χ4v) is 2.67. The van der Waals surface area contributed by atoms with Crippen molar-refractivity contribution in [3.8, 4) is 11.3 Å².